The van der Waals surface area contributed by atoms with Crippen LogP contribution in [0.2, 0.25) is 5.02 Å². The van der Waals surface area contributed by atoms with Crippen molar-refractivity contribution in [3.05, 3.63) is 68.7 Å². The highest BCUT2D eigenvalue weighted by atomic mass is 35.5. The van der Waals surface area contributed by atoms with Crippen molar-refractivity contribution in [2.24, 2.45) is 0 Å². The summed E-state index contributed by atoms with van der Waals surface area (Å²) < 4.78 is 0. The summed E-state index contributed by atoms with van der Waals surface area (Å²) in [6, 6.07) is 11.6. The molecule has 7 heteroatoms. The Bertz CT molecular complexity index is 782. The van der Waals surface area contributed by atoms with Crippen molar-refractivity contribution in [2.75, 3.05) is 13.3 Å². The zero-order valence-electron chi connectivity index (χ0n) is 13.5. The highest BCUT2D eigenvalue weighted by Crippen LogP contribution is 2.31. The number of nitrogens with zero attached hydrogens (tertiary/aromatic N) is 2. The monoisotopic (exact) mass is 364 g/mol. The fraction of sp³-hybridized carbons (Fsp3) is 0.235. The minimum Gasteiger partial charge on any atom is -0.335 e. The van der Waals surface area contributed by atoms with Gasteiger partial charge in [-0.3, -0.25) is 14.9 Å². The second-order valence-corrected chi connectivity index (χ2v) is 6.51. The lowest BCUT2D eigenvalue weighted by Crippen LogP contribution is -2.29. The number of amides is 1. The van der Waals surface area contributed by atoms with E-state index in [-0.39, 0.29) is 23.2 Å². The average molecular weight is 365 g/mol. The van der Waals surface area contributed by atoms with Crippen LogP contribution < -0.4 is 0 Å². The molecule has 0 saturated heterocycles. The molecule has 0 aliphatic rings. The zero-order valence-corrected chi connectivity index (χ0v) is 15.1. The smallest absolute Gasteiger partial charge is 0.283 e. The molecule has 0 N–H and O–H groups in total. The van der Waals surface area contributed by atoms with E-state index in [1.807, 2.05) is 25.1 Å². The summed E-state index contributed by atoms with van der Waals surface area (Å²) in [6.07, 6.45) is 1.76. The first-order valence-corrected chi connectivity index (χ1v) is 8.81. The van der Waals surface area contributed by atoms with E-state index in [0.717, 1.165) is 5.56 Å². The zero-order chi connectivity index (χ0) is 17.9. The minimum atomic E-state index is -0.472. The molecule has 126 valence electrons. The lowest BCUT2D eigenvalue weighted by atomic mass is 10.1. The number of carbonyl (C=O) groups excluding carboxylic acids is 1. The van der Waals surface area contributed by atoms with Gasteiger partial charge >= 0.3 is 0 Å². The predicted octanol–water partition coefficient (Wildman–Crippen LogP) is 4.80. The van der Waals surface area contributed by atoms with Crippen molar-refractivity contribution in [1.82, 2.24) is 4.90 Å². The van der Waals surface area contributed by atoms with E-state index in [0.29, 0.717) is 9.92 Å². The van der Waals surface area contributed by atoms with E-state index in [2.05, 4.69) is 0 Å². The van der Waals surface area contributed by atoms with Gasteiger partial charge in [0.2, 0.25) is 0 Å². The van der Waals surface area contributed by atoms with Gasteiger partial charge < -0.3 is 4.90 Å². The number of hydrogen-bond donors (Lipinski definition) is 0. The standard InChI is InChI=1S/C17H17ClN2O3S/c1-11(13-6-4-5-7-14(13)18)19(2)17(21)12-8-9-16(24-3)15(10-12)20(22)23/h4-11H,1-3H3. The maximum absolute atomic E-state index is 12.7. The van der Waals surface area contributed by atoms with Crippen LogP contribution in [-0.2, 0) is 0 Å². The van der Waals surface area contributed by atoms with Gasteiger partial charge in [0.05, 0.1) is 15.9 Å². The number of thioether (sulfide) groups is 1. The Labute approximate surface area is 149 Å². The van der Waals surface area contributed by atoms with Crippen LogP contribution in [-0.4, -0.2) is 29.0 Å². The Morgan fingerprint density at radius 3 is 2.54 bits per heavy atom. The molecule has 2 aromatic rings. The number of nitro groups is 1. The number of hydrogen-bond acceptors (Lipinski definition) is 4. The van der Waals surface area contributed by atoms with Crippen molar-refractivity contribution in [2.45, 2.75) is 17.9 Å². The molecule has 2 rings (SSSR count). The second-order valence-electron chi connectivity index (χ2n) is 5.26. The Morgan fingerprint density at radius 1 is 1.29 bits per heavy atom. The lowest BCUT2D eigenvalue weighted by molar-refractivity contribution is -0.387. The van der Waals surface area contributed by atoms with Crippen LogP contribution in [0.1, 0.15) is 28.9 Å². The Morgan fingerprint density at radius 2 is 1.96 bits per heavy atom. The highest BCUT2D eigenvalue weighted by Gasteiger charge is 2.23. The fourth-order valence-electron chi connectivity index (χ4n) is 2.37. The van der Waals surface area contributed by atoms with Crippen LogP contribution >= 0.6 is 23.4 Å². The average Bonchev–Trinajstić information content (AvgIpc) is 2.59. The van der Waals surface area contributed by atoms with Crippen molar-refractivity contribution in [3.8, 4) is 0 Å². The maximum Gasteiger partial charge on any atom is 0.283 e. The predicted molar refractivity (Wildman–Crippen MR) is 96.8 cm³/mol. The van der Waals surface area contributed by atoms with E-state index in [9.17, 15) is 14.9 Å². The topological polar surface area (TPSA) is 63.5 Å². The van der Waals surface area contributed by atoms with Crippen molar-refractivity contribution >= 4 is 35.0 Å². The van der Waals surface area contributed by atoms with E-state index >= 15 is 0 Å². The quantitative estimate of drug-likeness (QED) is 0.434. The number of nitro benzene ring substituents is 1. The molecule has 0 aliphatic carbocycles. The van der Waals surface area contributed by atoms with Gasteiger partial charge in [-0.1, -0.05) is 29.8 Å². The fourth-order valence-corrected chi connectivity index (χ4v) is 3.21. The molecule has 0 fully saturated rings. The largest absolute Gasteiger partial charge is 0.335 e. The summed E-state index contributed by atoms with van der Waals surface area (Å²) in [5.41, 5.74) is 1.04. The van der Waals surface area contributed by atoms with Gasteiger partial charge in [-0.05, 0) is 36.9 Å². The molecule has 0 bridgehead atoms. The third kappa shape index (κ3) is 3.71. The van der Waals surface area contributed by atoms with Crippen molar-refractivity contribution in [3.63, 3.8) is 0 Å². The van der Waals surface area contributed by atoms with Crippen LogP contribution in [0, 0.1) is 10.1 Å². The first-order valence-electron chi connectivity index (χ1n) is 7.20. The van der Waals surface area contributed by atoms with Crippen molar-refractivity contribution in [1.29, 1.82) is 0 Å². The number of benzene rings is 2. The van der Waals surface area contributed by atoms with Gasteiger partial charge in [0.25, 0.3) is 11.6 Å². The van der Waals surface area contributed by atoms with Crippen molar-refractivity contribution < 1.29 is 9.72 Å². The van der Waals surface area contributed by atoms with Gasteiger partial charge in [0.1, 0.15) is 0 Å². The molecule has 24 heavy (non-hydrogen) atoms. The normalized spacial score (nSPS) is 11.8. The van der Waals surface area contributed by atoms with E-state index < -0.39 is 4.92 Å². The Balaban J connectivity index is 2.33. The SMILES string of the molecule is CSc1ccc(C(=O)N(C)C(C)c2ccccc2Cl)cc1[N+](=O)[O-]. The van der Waals surface area contributed by atoms with Crippen LogP contribution in [0.4, 0.5) is 5.69 Å². The van der Waals surface area contributed by atoms with Crippen LogP contribution in [0.3, 0.4) is 0 Å². The number of carbonyl (C=O) groups is 1. The molecular weight excluding hydrogens is 348 g/mol. The molecule has 5 nitrogen and oxygen atoms in total. The number of halogens is 1. The van der Waals surface area contributed by atoms with Crippen LogP contribution in [0.25, 0.3) is 0 Å². The lowest BCUT2D eigenvalue weighted by Gasteiger charge is -2.26. The minimum absolute atomic E-state index is 0.0628. The van der Waals surface area contributed by atoms with Crippen LogP contribution in [0.5, 0.6) is 0 Å². The molecule has 1 amide bonds. The molecule has 0 radical (unpaired) electrons. The summed E-state index contributed by atoms with van der Waals surface area (Å²) >= 11 is 7.46. The molecular formula is C17H17ClN2O3S. The van der Waals surface area contributed by atoms with Gasteiger partial charge in [-0.15, -0.1) is 11.8 Å². The summed E-state index contributed by atoms with van der Waals surface area (Å²) in [6.45, 7) is 1.86. The molecule has 0 aliphatic heterocycles. The highest BCUT2D eigenvalue weighted by molar-refractivity contribution is 7.98. The molecule has 0 spiro atoms. The molecule has 1 atom stereocenters. The molecule has 2 aromatic carbocycles. The first-order chi connectivity index (χ1) is 11.4. The van der Waals surface area contributed by atoms with Gasteiger partial charge in [-0.25, -0.2) is 0 Å². The molecule has 0 aromatic heterocycles. The van der Waals surface area contributed by atoms with Gasteiger partial charge in [0, 0.05) is 23.7 Å². The molecule has 0 heterocycles. The van der Waals surface area contributed by atoms with Crippen LogP contribution in [0.15, 0.2) is 47.4 Å². The maximum atomic E-state index is 12.7. The molecule has 1 unspecified atom stereocenters. The van der Waals surface area contributed by atoms with Gasteiger partial charge in [0.15, 0.2) is 0 Å². The number of rotatable bonds is 5. The Hall–Kier alpha value is -2.05. The summed E-state index contributed by atoms with van der Waals surface area (Å²) in [5, 5.41) is 11.8. The summed E-state index contributed by atoms with van der Waals surface area (Å²) in [4.78, 5) is 25.5. The van der Waals surface area contributed by atoms with E-state index in [4.69, 9.17) is 11.6 Å². The second kappa shape index (κ2) is 7.68. The van der Waals surface area contributed by atoms with E-state index in [1.165, 1.54) is 22.7 Å². The molecule has 0 saturated carbocycles. The van der Waals surface area contributed by atoms with Gasteiger partial charge in [-0.2, -0.15) is 0 Å². The van der Waals surface area contributed by atoms with E-state index in [1.54, 1.807) is 31.5 Å². The third-order valence-electron chi connectivity index (χ3n) is 3.88. The third-order valence-corrected chi connectivity index (χ3v) is 5.01. The summed E-state index contributed by atoms with van der Waals surface area (Å²) in [5.74, 6) is -0.293. The summed E-state index contributed by atoms with van der Waals surface area (Å²) in [7, 11) is 1.66. The first kappa shape index (κ1) is 18.3. The Kier molecular flexibility index (Phi) is 5.85.